The van der Waals surface area contributed by atoms with E-state index < -0.39 is 23.5 Å². The van der Waals surface area contributed by atoms with Crippen LogP contribution in [0.5, 0.6) is 0 Å². The van der Waals surface area contributed by atoms with Gasteiger partial charge in [-0.15, -0.1) is 0 Å². The van der Waals surface area contributed by atoms with E-state index in [1.54, 1.807) is 0 Å². The smallest absolute Gasteiger partial charge is 0.324 e. The Morgan fingerprint density at radius 3 is 2.30 bits per heavy atom. The first-order valence-electron chi connectivity index (χ1n) is 6.40. The lowest BCUT2D eigenvalue weighted by Crippen LogP contribution is -2.50. The molecular formula is C14H20N2O4. The van der Waals surface area contributed by atoms with Crippen LogP contribution >= 0.6 is 0 Å². The first-order valence-corrected chi connectivity index (χ1v) is 6.40. The average Bonchev–Trinajstić information content (AvgIpc) is 2.39. The Morgan fingerprint density at radius 2 is 1.80 bits per heavy atom. The van der Waals surface area contributed by atoms with Crippen LogP contribution in [0.2, 0.25) is 0 Å². The zero-order valence-corrected chi connectivity index (χ0v) is 11.2. The fraction of sp³-hybridized carbons (Fsp3) is 0.429. The molecule has 6 heteroatoms. The molecule has 0 fully saturated rings. The summed E-state index contributed by atoms with van der Waals surface area (Å²) in [6.45, 7) is 0. The van der Waals surface area contributed by atoms with E-state index in [4.69, 9.17) is 16.6 Å². The van der Waals surface area contributed by atoms with E-state index in [1.165, 1.54) is 0 Å². The highest BCUT2D eigenvalue weighted by atomic mass is 16.4. The number of hydrogen-bond donors (Lipinski definition) is 4. The lowest BCUT2D eigenvalue weighted by Gasteiger charge is -2.25. The summed E-state index contributed by atoms with van der Waals surface area (Å²) in [5.41, 5.74) is 10.8. The van der Waals surface area contributed by atoms with Crippen LogP contribution < -0.4 is 11.5 Å². The largest absolute Gasteiger partial charge is 0.480 e. The van der Waals surface area contributed by atoms with Crippen molar-refractivity contribution >= 4 is 11.9 Å². The SMILES string of the molecule is N[C@@H](CCC[C@@](N)(Cc1ccccc1)C(=O)O)C(=O)O. The molecule has 1 rings (SSSR count). The van der Waals surface area contributed by atoms with Crippen LogP contribution in [-0.2, 0) is 16.0 Å². The Balaban J connectivity index is 2.63. The number of benzene rings is 1. The summed E-state index contributed by atoms with van der Waals surface area (Å²) in [6, 6.07) is 8.12. The van der Waals surface area contributed by atoms with E-state index in [2.05, 4.69) is 0 Å². The monoisotopic (exact) mass is 280 g/mol. The van der Waals surface area contributed by atoms with Gasteiger partial charge in [0.15, 0.2) is 0 Å². The van der Waals surface area contributed by atoms with Gasteiger partial charge in [0, 0.05) is 6.42 Å². The molecule has 0 aromatic heterocycles. The number of carbonyl (C=O) groups is 2. The molecule has 0 unspecified atom stereocenters. The molecule has 6 N–H and O–H groups in total. The maximum absolute atomic E-state index is 11.4. The van der Waals surface area contributed by atoms with Crippen LogP contribution in [0.3, 0.4) is 0 Å². The van der Waals surface area contributed by atoms with E-state index in [0.717, 1.165) is 5.56 Å². The van der Waals surface area contributed by atoms with Crippen molar-refractivity contribution in [3.63, 3.8) is 0 Å². The molecule has 1 aromatic carbocycles. The third-order valence-electron chi connectivity index (χ3n) is 3.24. The van der Waals surface area contributed by atoms with Gasteiger partial charge < -0.3 is 21.7 Å². The molecule has 2 atom stereocenters. The van der Waals surface area contributed by atoms with Crippen molar-refractivity contribution in [3.8, 4) is 0 Å². The topological polar surface area (TPSA) is 127 Å². The average molecular weight is 280 g/mol. The molecule has 0 aliphatic heterocycles. The molecule has 0 saturated carbocycles. The molecule has 0 bridgehead atoms. The minimum absolute atomic E-state index is 0.179. The summed E-state index contributed by atoms with van der Waals surface area (Å²) < 4.78 is 0. The van der Waals surface area contributed by atoms with Crippen LogP contribution in [-0.4, -0.2) is 33.7 Å². The van der Waals surface area contributed by atoms with Crippen LogP contribution in [0.25, 0.3) is 0 Å². The van der Waals surface area contributed by atoms with Crippen LogP contribution in [0.4, 0.5) is 0 Å². The number of carboxylic acids is 2. The van der Waals surface area contributed by atoms with Crippen LogP contribution in [0.15, 0.2) is 30.3 Å². The standard InChI is InChI=1S/C14H20N2O4/c15-11(12(17)18)7-4-8-14(16,13(19)20)9-10-5-2-1-3-6-10/h1-3,5-6,11H,4,7-9,15-16H2,(H,17,18)(H,19,20)/t11-,14+/m0/s1. The Kier molecular flexibility index (Phi) is 5.66. The van der Waals surface area contributed by atoms with Gasteiger partial charge in [-0.05, 0) is 24.8 Å². The predicted octanol–water partition coefficient (Wildman–Crippen LogP) is 0.593. The summed E-state index contributed by atoms with van der Waals surface area (Å²) >= 11 is 0. The van der Waals surface area contributed by atoms with Crippen molar-refractivity contribution in [2.45, 2.75) is 37.3 Å². The Hall–Kier alpha value is -1.92. The third-order valence-corrected chi connectivity index (χ3v) is 3.24. The Labute approximate surface area is 117 Å². The molecule has 6 nitrogen and oxygen atoms in total. The zero-order chi connectivity index (χ0) is 15.2. The van der Waals surface area contributed by atoms with Gasteiger partial charge in [0.1, 0.15) is 11.6 Å². The Bertz CT molecular complexity index is 464. The highest BCUT2D eigenvalue weighted by Gasteiger charge is 2.33. The zero-order valence-electron chi connectivity index (χ0n) is 11.2. The first kappa shape index (κ1) is 16.1. The summed E-state index contributed by atoms with van der Waals surface area (Å²) in [7, 11) is 0. The molecule has 0 amide bonds. The van der Waals surface area contributed by atoms with E-state index in [9.17, 15) is 14.7 Å². The maximum Gasteiger partial charge on any atom is 0.324 e. The number of nitrogens with two attached hydrogens (primary N) is 2. The van der Waals surface area contributed by atoms with Crippen LogP contribution in [0.1, 0.15) is 24.8 Å². The fourth-order valence-electron chi connectivity index (χ4n) is 1.99. The van der Waals surface area contributed by atoms with Gasteiger partial charge >= 0.3 is 11.9 Å². The molecule has 0 radical (unpaired) electrons. The molecule has 0 aliphatic carbocycles. The summed E-state index contributed by atoms with van der Waals surface area (Å²) in [6.07, 6.45) is 0.934. The van der Waals surface area contributed by atoms with Crippen molar-refractivity contribution in [2.24, 2.45) is 11.5 Å². The van der Waals surface area contributed by atoms with Gasteiger partial charge in [-0.3, -0.25) is 9.59 Å². The minimum Gasteiger partial charge on any atom is -0.480 e. The molecule has 0 aliphatic rings. The van der Waals surface area contributed by atoms with Crippen molar-refractivity contribution < 1.29 is 19.8 Å². The predicted molar refractivity (Wildman–Crippen MR) is 74.2 cm³/mol. The quantitative estimate of drug-likeness (QED) is 0.552. The fourth-order valence-corrected chi connectivity index (χ4v) is 1.99. The van der Waals surface area contributed by atoms with Gasteiger partial charge in [-0.1, -0.05) is 30.3 Å². The van der Waals surface area contributed by atoms with Gasteiger partial charge in [0.2, 0.25) is 0 Å². The Morgan fingerprint density at radius 1 is 1.20 bits per heavy atom. The van der Waals surface area contributed by atoms with Crippen molar-refractivity contribution in [3.05, 3.63) is 35.9 Å². The van der Waals surface area contributed by atoms with Crippen LogP contribution in [0, 0.1) is 0 Å². The first-order chi connectivity index (χ1) is 9.35. The summed E-state index contributed by atoms with van der Waals surface area (Å²) in [5.74, 6) is -2.18. The molecule has 0 heterocycles. The van der Waals surface area contributed by atoms with E-state index in [-0.39, 0.29) is 19.3 Å². The summed E-state index contributed by atoms with van der Waals surface area (Å²) in [5, 5.41) is 18.0. The summed E-state index contributed by atoms with van der Waals surface area (Å²) in [4.78, 5) is 22.0. The van der Waals surface area contributed by atoms with Gasteiger partial charge in [0.05, 0.1) is 0 Å². The van der Waals surface area contributed by atoms with E-state index in [1.807, 2.05) is 30.3 Å². The maximum atomic E-state index is 11.4. The van der Waals surface area contributed by atoms with Crippen molar-refractivity contribution in [1.29, 1.82) is 0 Å². The molecule has 20 heavy (non-hydrogen) atoms. The van der Waals surface area contributed by atoms with Gasteiger partial charge in [-0.25, -0.2) is 0 Å². The normalized spacial score (nSPS) is 15.3. The van der Waals surface area contributed by atoms with Crippen molar-refractivity contribution in [2.75, 3.05) is 0 Å². The van der Waals surface area contributed by atoms with Crippen molar-refractivity contribution in [1.82, 2.24) is 0 Å². The molecule has 0 spiro atoms. The number of aliphatic carboxylic acids is 2. The molecule has 1 aromatic rings. The number of carboxylic acid groups (broad SMARTS) is 2. The minimum atomic E-state index is -1.40. The number of rotatable bonds is 8. The molecule has 110 valence electrons. The van der Waals surface area contributed by atoms with E-state index >= 15 is 0 Å². The number of hydrogen-bond acceptors (Lipinski definition) is 4. The highest BCUT2D eigenvalue weighted by molar-refractivity contribution is 5.79. The highest BCUT2D eigenvalue weighted by Crippen LogP contribution is 2.19. The van der Waals surface area contributed by atoms with E-state index in [0.29, 0.717) is 6.42 Å². The molecular weight excluding hydrogens is 260 g/mol. The van der Waals surface area contributed by atoms with Gasteiger partial charge in [0.25, 0.3) is 0 Å². The molecule has 0 saturated heterocycles. The lowest BCUT2D eigenvalue weighted by molar-refractivity contribution is -0.143. The lowest BCUT2D eigenvalue weighted by atomic mass is 9.86. The van der Waals surface area contributed by atoms with Gasteiger partial charge in [-0.2, -0.15) is 0 Å². The second kappa shape index (κ2) is 7.02. The third kappa shape index (κ3) is 4.64. The second-order valence-corrected chi connectivity index (χ2v) is 4.96. The second-order valence-electron chi connectivity index (χ2n) is 4.96.